The monoisotopic (exact) mass is 254 g/mol. The quantitative estimate of drug-likeness (QED) is 0.332. The van der Waals surface area contributed by atoms with E-state index >= 15 is 0 Å². The second kappa shape index (κ2) is 6.47. The van der Waals surface area contributed by atoms with Crippen LogP contribution in [0, 0.1) is 10.8 Å². The van der Waals surface area contributed by atoms with Crippen molar-refractivity contribution in [2.45, 2.75) is 52.6 Å². The lowest BCUT2D eigenvalue weighted by Crippen LogP contribution is -2.42. The Morgan fingerprint density at radius 2 is 1.11 bits per heavy atom. The van der Waals surface area contributed by atoms with Gasteiger partial charge in [-0.15, -0.1) is 0 Å². The van der Waals surface area contributed by atoms with Gasteiger partial charge in [0.15, 0.2) is 0 Å². The van der Waals surface area contributed by atoms with Crippen molar-refractivity contribution in [3.8, 4) is 0 Å². The summed E-state index contributed by atoms with van der Waals surface area (Å²) in [4.78, 5) is 0. The number of nitrogens with zero attached hydrogens (tertiary/aromatic N) is 2. The molecule has 0 spiro atoms. The van der Waals surface area contributed by atoms with Crippen molar-refractivity contribution in [3.05, 3.63) is 0 Å². The standard InChI is InChI=1S/C12H26N6/c1-7-15-9(13)11(3,4)17-18-12(5,6)10(14)16-8-2/h7-8H2,1-6H3,(H2,13,15)(H2,14,16). The zero-order valence-corrected chi connectivity index (χ0v) is 12.3. The van der Waals surface area contributed by atoms with E-state index in [1.807, 2.05) is 41.5 Å². The summed E-state index contributed by atoms with van der Waals surface area (Å²) in [5.74, 6) is 0.666. The number of rotatable bonds is 6. The summed E-state index contributed by atoms with van der Waals surface area (Å²) in [6, 6.07) is 0. The highest BCUT2D eigenvalue weighted by molar-refractivity contribution is 5.89. The highest BCUT2D eigenvalue weighted by Gasteiger charge is 2.27. The van der Waals surface area contributed by atoms with E-state index in [4.69, 9.17) is 10.8 Å². The van der Waals surface area contributed by atoms with E-state index in [-0.39, 0.29) is 0 Å². The molecule has 0 bridgehead atoms. The van der Waals surface area contributed by atoms with Crippen LogP contribution in [0.15, 0.2) is 10.2 Å². The van der Waals surface area contributed by atoms with Crippen molar-refractivity contribution in [3.63, 3.8) is 0 Å². The first-order chi connectivity index (χ1) is 8.17. The van der Waals surface area contributed by atoms with Crippen LogP contribution in [0.3, 0.4) is 0 Å². The molecule has 0 saturated heterocycles. The molecule has 0 aliphatic heterocycles. The highest BCUT2D eigenvalue weighted by Crippen LogP contribution is 2.16. The van der Waals surface area contributed by atoms with Gasteiger partial charge >= 0.3 is 0 Å². The van der Waals surface area contributed by atoms with Gasteiger partial charge in [0.05, 0.1) is 0 Å². The molecule has 0 amide bonds. The average Bonchev–Trinajstić information content (AvgIpc) is 2.27. The summed E-state index contributed by atoms with van der Waals surface area (Å²) in [5.41, 5.74) is -1.39. The average molecular weight is 254 g/mol. The van der Waals surface area contributed by atoms with E-state index in [1.54, 1.807) is 0 Å². The van der Waals surface area contributed by atoms with Gasteiger partial charge in [0, 0.05) is 13.1 Å². The van der Waals surface area contributed by atoms with Gasteiger partial charge in [-0.3, -0.25) is 10.8 Å². The van der Waals surface area contributed by atoms with Crippen molar-refractivity contribution in [1.82, 2.24) is 10.6 Å². The van der Waals surface area contributed by atoms with Crippen LogP contribution in [0.2, 0.25) is 0 Å². The zero-order chi connectivity index (χ0) is 14.4. The van der Waals surface area contributed by atoms with Gasteiger partial charge in [-0.25, -0.2) is 0 Å². The van der Waals surface area contributed by atoms with Crippen LogP contribution in [0.5, 0.6) is 0 Å². The number of hydrogen-bond acceptors (Lipinski definition) is 4. The van der Waals surface area contributed by atoms with Crippen LogP contribution in [0.4, 0.5) is 0 Å². The lowest BCUT2D eigenvalue weighted by Gasteiger charge is -2.24. The molecular formula is C12H26N6. The second-order valence-corrected chi connectivity index (χ2v) is 5.13. The molecule has 18 heavy (non-hydrogen) atoms. The molecule has 0 fully saturated rings. The lowest BCUT2D eigenvalue weighted by molar-refractivity contribution is 0.542. The summed E-state index contributed by atoms with van der Waals surface area (Å²) in [7, 11) is 0. The first kappa shape index (κ1) is 16.5. The molecule has 104 valence electrons. The molecule has 4 N–H and O–H groups in total. The van der Waals surface area contributed by atoms with Crippen molar-refractivity contribution >= 4 is 11.7 Å². The van der Waals surface area contributed by atoms with Gasteiger partial charge in [0.2, 0.25) is 0 Å². The van der Waals surface area contributed by atoms with Crippen LogP contribution < -0.4 is 10.6 Å². The predicted octanol–water partition coefficient (Wildman–Crippen LogP) is 2.17. The van der Waals surface area contributed by atoms with Gasteiger partial charge in [-0.1, -0.05) is 0 Å². The Labute approximate surface area is 110 Å². The fourth-order valence-corrected chi connectivity index (χ4v) is 1.14. The van der Waals surface area contributed by atoms with Crippen molar-refractivity contribution < 1.29 is 0 Å². The third-order valence-electron chi connectivity index (χ3n) is 2.48. The Hall–Kier alpha value is -1.46. The molecule has 6 nitrogen and oxygen atoms in total. The van der Waals surface area contributed by atoms with Gasteiger partial charge in [0.25, 0.3) is 0 Å². The van der Waals surface area contributed by atoms with Crippen molar-refractivity contribution in [1.29, 1.82) is 10.8 Å². The Morgan fingerprint density at radius 3 is 1.33 bits per heavy atom. The zero-order valence-electron chi connectivity index (χ0n) is 12.3. The maximum absolute atomic E-state index is 7.85. The summed E-state index contributed by atoms with van der Waals surface area (Å²) in [5, 5.41) is 30.0. The van der Waals surface area contributed by atoms with E-state index in [9.17, 15) is 0 Å². The van der Waals surface area contributed by atoms with Crippen LogP contribution >= 0.6 is 0 Å². The minimum atomic E-state index is -0.695. The van der Waals surface area contributed by atoms with E-state index in [1.165, 1.54) is 0 Å². The molecule has 0 unspecified atom stereocenters. The molecule has 0 aromatic rings. The van der Waals surface area contributed by atoms with Crippen LogP contribution in [-0.2, 0) is 0 Å². The first-order valence-electron chi connectivity index (χ1n) is 6.27. The molecule has 0 aromatic heterocycles. The summed E-state index contributed by atoms with van der Waals surface area (Å²) in [6.07, 6.45) is 0. The fourth-order valence-electron chi connectivity index (χ4n) is 1.14. The maximum Gasteiger partial charge on any atom is 0.132 e. The summed E-state index contributed by atoms with van der Waals surface area (Å²) in [6.45, 7) is 12.6. The fraction of sp³-hybridized carbons (Fsp3) is 0.833. The lowest BCUT2D eigenvalue weighted by atomic mass is 10.0. The minimum absolute atomic E-state index is 0.333. The molecule has 0 rings (SSSR count). The van der Waals surface area contributed by atoms with Crippen LogP contribution in [0.1, 0.15) is 41.5 Å². The van der Waals surface area contributed by atoms with Gasteiger partial charge in [-0.05, 0) is 41.5 Å². The maximum atomic E-state index is 7.85. The minimum Gasteiger partial charge on any atom is -0.372 e. The molecule has 0 aliphatic rings. The molecule has 0 atom stereocenters. The first-order valence-corrected chi connectivity index (χ1v) is 6.27. The SMILES string of the molecule is CCNC(=N)C(C)(C)N=NC(C)(C)C(=N)NCC. The number of amidine groups is 2. The number of likely N-dealkylation sites (N-methyl/N-ethyl adjacent to an activating group) is 2. The van der Waals surface area contributed by atoms with Crippen molar-refractivity contribution in [2.75, 3.05) is 13.1 Å². The third-order valence-corrected chi connectivity index (χ3v) is 2.48. The number of azo groups is 1. The Bertz CT molecular complexity index is 297. The van der Waals surface area contributed by atoms with Crippen LogP contribution in [-0.4, -0.2) is 35.8 Å². The van der Waals surface area contributed by atoms with Gasteiger partial charge in [0.1, 0.15) is 22.7 Å². The molecule has 0 radical (unpaired) electrons. The van der Waals surface area contributed by atoms with E-state index < -0.39 is 11.1 Å². The third kappa shape index (κ3) is 4.81. The summed E-state index contributed by atoms with van der Waals surface area (Å²) < 4.78 is 0. The Kier molecular flexibility index (Phi) is 5.94. The second-order valence-electron chi connectivity index (χ2n) is 5.13. The molecular weight excluding hydrogens is 228 g/mol. The molecule has 0 saturated carbocycles. The van der Waals surface area contributed by atoms with E-state index in [0.717, 1.165) is 0 Å². The topological polar surface area (TPSA) is 96.5 Å². The molecule has 0 aliphatic carbocycles. The molecule has 6 heteroatoms. The molecule has 0 aromatic carbocycles. The molecule has 0 heterocycles. The number of hydrogen-bond donors (Lipinski definition) is 4. The van der Waals surface area contributed by atoms with E-state index in [0.29, 0.717) is 24.8 Å². The smallest absolute Gasteiger partial charge is 0.132 e. The highest BCUT2D eigenvalue weighted by atomic mass is 15.2. The normalized spacial score (nSPS) is 12.6. The summed E-state index contributed by atoms with van der Waals surface area (Å²) >= 11 is 0. The Morgan fingerprint density at radius 1 is 0.833 bits per heavy atom. The van der Waals surface area contributed by atoms with Crippen LogP contribution in [0.25, 0.3) is 0 Å². The largest absolute Gasteiger partial charge is 0.372 e. The Balaban J connectivity index is 4.80. The van der Waals surface area contributed by atoms with Gasteiger partial charge in [-0.2, -0.15) is 10.2 Å². The van der Waals surface area contributed by atoms with E-state index in [2.05, 4.69) is 20.9 Å². The number of nitrogens with one attached hydrogen (secondary N) is 4. The van der Waals surface area contributed by atoms with Gasteiger partial charge < -0.3 is 10.6 Å². The predicted molar refractivity (Wildman–Crippen MR) is 75.8 cm³/mol. The van der Waals surface area contributed by atoms with Crippen molar-refractivity contribution in [2.24, 2.45) is 10.2 Å².